The van der Waals surface area contributed by atoms with E-state index in [-0.39, 0.29) is 0 Å². The molecule has 0 saturated carbocycles. The van der Waals surface area contributed by atoms with E-state index in [0.717, 1.165) is 6.85 Å². The van der Waals surface area contributed by atoms with Gasteiger partial charge in [-0.05, 0) is 20.0 Å². The van der Waals surface area contributed by atoms with Crippen LogP contribution >= 0.6 is 0 Å². The molecule has 0 unspecified atom stereocenters. The van der Waals surface area contributed by atoms with Crippen LogP contribution in [0.2, 0.25) is 13.1 Å². The summed E-state index contributed by atoms with van der Waals surface area (Å²) in [5.74, 6) is 0. The Labute approximate surface area is 52.2 Å². The summed E-state index contributed by atoms with van der Waals surface area (Å²) < 4.78 is 0. The fraction of sp³-hybridized carbons (Fsp3) is 1.00. The topological polar surface area (TPSA) is 3.24 Å². The van der Waals surface area contributed by atoms with E-state index in [9.17, 15) is 0 Å². The highest BCUT2D eigenvalue weighted by molar-refractivity contribution is 6.54. The lowest BCUT2D eigenvalue weighted by molar-refractivity contribution is 0.466. The normalized spacial score (nSPS) is 24.0. The van der Waals surface area contributed by atoms with Crippen LogP contribution in [-0.4, -0.2) is 25.3 Å². The summed E-state index contributed by atoms with van der Waals surface area (Å²) in [6.45, 7) is 4.45. The molecule has 1 nitrogen and oxygen atoms in total. The molecule has 8 heavy (non-hydrogen) atoms. The van der Waals surface area contributed by atoms with E-state index in [4.69, 9.17) is 0 Å². The molecule has 1 aliphatic heterocycles. The monoisotopic (exact) mass is 111 g/mol. The largest absolute Gasteiger partial charge is 0.345 e. The maximum absolute atomic E-state index is 2.43. The lowest BCUT2D eigenvalue weighted by Crippen LogP contribution is -2.37. The van der Waals surface area contributed by atoms with Crippen LogP contribution in [0.25, 0.3) is 0 Å². The van der Waals surface area contributed by atoms with Gasteiger partial charge in [0.25, 0.3) is 0 Å². The van der Waals surface area contributed by atoms with Gasteiger partial charge in [0.15, 0.2) is 0 Å². The quantitative estimate of drug-likeness (QED) is 0.426. The Morgan fingerprint density at radius 3 is 2.50 bits per heavy atom. The third-order valence-corrected chi connectivity index (χ3v) is 2.14. The van der Waals surface area contributed by atoms with E-state index in [0.29, 0.717) is 0 Å². The Bertz CT molecular complexity index is 64.9. The first-order valence-electron chi connectivity index (χ1n) is 3.51. The van der Waals surface area contributed by atoms with Gasteiger partial charge < -0.3 is 4.81 Å². The van der Waals surface area contributed by atoms with Crippen molar-refractivity contribution in [1.29, 1.82) is 0 Å². The lowest BCUT2D eigenvalue weighted by atomic mass is 9.57. The van der Waals surface area contributed by atoms with E-state index < -0.39 is 0 Å². The van der Waals surface area contributed by atoms with Crippen LogP contribution in [0, 0.1) is 0 Å². The smallest absolute Gasteiger partial charge is 0.219 e. The average Bonchev–Trinajstić information content (AvgIpc) is 1.77. The standard InChI is InChI=1S/C6H14BN/c1-7-5-3-4-6-8(7)2/h3-6H2,1-2H3. The second kappa shape index (κ2) is 2.54. The lowest BCUT2D eigenvalue weighted by Gasteiger charge is -2.26. The molecule has 1 rings (SSSR count). The number of hydrogen-bond donors (Lipinski definition) is 0. The molecule has 0 aromatic rings. The minimum atomic E-state index is 0.837. The molecule has 0 atom stereocenters. The Kier molecular flexibility index (Phi) is 1.95. The van der Waals surface area contributed by atoms with E-state index in [2.05, 4.69) is 18.7 Å². The van der Waals surface area contributed by atoms with Crippen molar-refractivity contribution in [3.8, 4) is 0 Å². The van der Waals surface area contributed by atoms with E-state index in [1.807, 2.05) is 0 Å². The van der Waals surface area contributed by atoms with Gasteiger partial charge in [-0.25, -0.2) is 0 Å². The van der Waals surface area contributed by atoms with Gasteiger partial charge in [-0.2, -0.15) is 0 Å². The zero-order chi connectivity index (χ0) is 5.98. The van der Waals surface area contributed by atoms with Crippen molar-refractivity contribution < 1.29 is 0 Å². The molecule has 1 fully saturated rings. The molecular weight excluding hydrogens is 96.9 g/mol. The first-order valence-corrected chi connectivity index (χ1v) is 3.51. The van der Waals surface area contributed by atoms with Crippen molar-refractivity contribution in [3.63, 3.8) is 0 Å². The molecule has 0 amide bonds. The van der Waals surface area contributed by atoms with Crippen LogP contribution in [0.4, 0.5) is 0 Å². The van der Waals surface area contributed by atoms with Gasteiger partial charge >= 0.3 is 0 Å². The molecule has 1 heterocycles. The van der Waals surface area contributed by atoms with Crippen LogP contribution < -0.4 is 0 Å². The van der Waals surface area contributed by atoms with Gasteiger partial charge in [0.1, 0.15) is 0 Å². The SMILES string of the molecule is CB1CCCCN1C. The first kappa shape index (κ1) is 6.15. The maximum atomic E-state index is 2.43. The second-order valence-corrected chi connectivity index (χ2v) is 2.83. The summed E-state index contributed by atoms with van der Waals surface area (Å²) in [6.07, 6.45) is 4.24. The highest BCUT2D eigenvalue weighted by atomic mass is 15.0. The minimum Gasteiger partial charge on any atom is -0.345 e. The summed E-state index contributed by atoms with van der Waals surface area (Å²) in [5, 5.41) is 0. The summed E-state index contributed by atoms with van der Waals surface area (Å²) >= 11 is 0. The van der Waals surface area contributed by atoms with E-state index >= 15 is 0 Å². The molecule has 1 aliphatic rings. The fourth-order valence-electron chi connectivity index (χ4n) is 1.24. The summed E-state index contributed by atoms with van der Waals surface area (Å²) in [5.41, 5.74) is 0. The van der Waals surface area contributed by atoms with Gasteiger partial charge in [-0.1, -0.05) is 19.6 Å². The summed E-state index contributed by atoms with van der Waals surface area (Å²) in [7, 11) is 2.21. The molecule has 0 aromatic carbocycles. The molecule has 0 aliphatic carbocycles. The molecule has 46 valence electrons. The molecule has 1 saturated heterocycles. The molecule has 0 bridgehead atoms. The molecular formula is C6H14BN. The predicted molar refractivity (Wildman–Crippen MR) is 38.3 cm³/mol. The molecule has 0 aromatic heterocycles. The number of rotatable bonds is 0. The van der Waals surface area contributed by atoms with Crippen LogP contribution in [0.3, 0.4) is 0 Å². The summed E-state index contributed by atoms with van der Waals surface area (Å²) in [4.78, 5) is 2.43. The molecule has 0 radical (unpaired) electrons. The van der Waals surface area contributed by atoms with Gasteiger partial charge in [-0.3, -0.25) is 0 Å². The highest BCUT2D eigenvalue weighted by Gasteiger charge is 2.16. The van der Waals surface area contributed by atoms with Crippen molar-refractivity contribution in [1.82, 2.24) is 4.81 Å². The van der Waals surface area contributed by atoms with Gasteiger partial charge in [0.2, 0.25) is 6.85 Å². The Morgan fingerprint density at radius 2 is 2.12 bits per heavy atom. The van der Waals surface area contributed by atoms with Crippen molar-refractivity contribution in [2.75, 3.05) is 13.6 Å². The third kappa shape index (κ3) is 1.25. The zero-order valence-electron chi connectivity index (χ0n) is 5.85. The molecule has 2 heteroatoms. The van der Waals surface area contributed by atoms with Crippen LogP contribution in [0.5, 0.6) is 0 Å². The fourth-order valence-corrected chi connectivity index (χ4v) is 1.24. The number of hydrogen-bond acceptors (Lipinski definition) is 1. The third-order valence-electron chi connectivity index (χ3n) is 2.14. The Balaban J connectivity index is 2.28. The van der Waals surface area contributed by atoms with E-state index in [1.54, 1.807) is 0 Å². The van der Waals surface area contributed by atoms with Gasteiger partial charge in [0.05, 0.1) is 0 Å². The Hall–Kier alpha value is 0.0249. The van der Waals surface area contributed by atoms with Crippen molar-refractivity contribution in [2.45, 2.75) is 26.0 Å². The van der Waals surface area contributed by atoms with Crippen molar-refractivity contribution >= 4 is 6.85 Å². The van der Waals surface area contributed by atoms with Crippen LogP contribution in [0.15, 0.2) is 0 Å². The predicted octanol–water partition coefficient (Wildman–Crippen LogP) is 1.33. The zero-order valence-corrected chi connectivity index (χ0v) is 5.85. The van der Waals surface area contributed by atoms with E-state index in [1.165, 1.54) is 25.7 Å². The average molecular weight is 111 g/mol. The van der Waals surface area contributed by atoms with Gasteiger partial charge in [0, 0.05) is 0 Å². The Morgan fingerprint density at radius 1 is 1.38 bits per heavy atom. The minimum absolute atomic E-state index is 0.837. The van der Waals surface area contributed by atoms with Gasteiger partial charge in [-0.15, -0.1) is 0 Å². The van der Waals surface area contributed by atoms with Crippen molar-refractivity contribution in [3.05, 3.63) is 0 Å². The summed E-state index contributed by atoms with van der Waals surface area (Å²) in [6, 6.07) is 0. The maximum Gasteiger partial charge on any atom is 0.219 e. The van der Waals surface area contributed by atoms with Crippen LogP contribution in [-0.2, 0) is 0 Å². The van der Waals surface area contributed by atoms with Crippen LogP contribution in [0.1, 0.15) is 12.8 Å². The van der Waals surface area contributed by atoms with Crippen molar-refractivity contribution in [2.24, 2.45) is 0 Å². The second-order valence-electron chi connectivity index (χ2n) is 2.83. The first-order chi connectivity index (χ1) is 3.80. The molecule has 0 N–H and O–H groups in total. The highest BCUT2D eigenvalue weighted by Crippen LogP contribution is 2.11. The number of nitrogens with zero attached hydrogens (tertiary/aromatic N) is 1. The molecule has 0 spiro atoms.